The molecule has 0 aromatic carbocycles. The van der Waals surface area contributed by atoms with Crippen molar-refractivity contribution in [2.24, 2.45) is 0 Å². The fourth-order valence-electron chi connectivity index (χ4n) is 3.34. The summed E-state index contributed by atoms with van der Waals surface area (Å²) < 4.78 is 7.22. The Morgan fingerprint density at radius 2 is 2.30 bits per heavy atom. The smallest absolute Gasteiger partial charge is 0.271 e. The second-order valence-electron chi connectivity index (χ2n) is 6.80. The highest BCUT2D eigenvalue weighted by Crippen LogP contribution is 2.26. The maximum atomic E-state index is 12.5. The van der Waals surface area contributed by atoms with Gasteiger partial charge >= 0.3 is 0 Å². The topological polar surface area (TPSA) is 89.1 Å². The number of rotatable bonds is 5. The van der Waals surface area contributed by atoms with Crippen LogP contribution in [-0.4, -0.2) is 37.0 Å². The number of hydrogen-bond acceptors (Lipinski definition) is 6. The molecule has 140 valence electrons. The van der Waals surface area contributed by atoms with Crippen LogP contribution in [0.4, 0.5) is 0 Å². The molecule has 1 atom stereocenters. The minimum Gasteiger partial charge on any atom is -0.361 e. The van der Waals surface area contributed by atoms with E-state index in [1.165, 1.54) is 0 Å². The Morgan fingerprint density at radius 3 is 3.04 bits per heavy atom. The number of aromatic nitrogens is 4. The third kappa shape index (κ3) is 3.75. The Kier molecular flexibility index (Phi) is 4.72. The van der Waals surface area contributed by atoms with Crippen LogP contribution >= 0.6 is 0 Å². The monoisotopic (exact) mass is 366 g/mol. The summed E-state index contributed by atoms with van der Waals surface area (Å²) in [5, 5.41) is 6.98. The highest BCUT2D eigenvalue weighted by molar-refractivity contribution is 5.92. The maximum Gasteiger partial charge on any atom is 0.271 e. The van der Waals surface area contributed by atoms with Crippen LogP contribution in [0, 0.1) is 6.92 Å². The molecule has 3 aromatic rings. The minimum absolute atomic E-state index is 0.0932. The van der Waals surface area contributed by atoms with Crippen LogP contribution in [0.2, 0.25) is 0 Å². The highest BCUT2D eigenvalue weighted by Gasteiger charge is 2.28. The van der Waals surface area contributed by atoms with Crippen molar-refractivity contribution in [2.45, 2.75) is 39.5 Å². The molecule has 1 N–H and O–H groups in total. The summed E-state index contributed by atoms with van der Waals surface area (Å²) in [6.45, 7) is 6.78. The van der Waals surface area contributed by atoms with E-state index in [4.69, 9.17) is 4.52 Å². The zero-order valence-corrected chi connectivity index (χ0v) is 15.4. The Hall–Kier alpha value is -3.00. The van der Waals surface area contributed by atoms with E-state index in [1.807, 2.05) is 31.3 Å². The largest absolute Gasteiger partial charge is 0.361 e. The number of imidazole rings is 1. The van der Waals surface area contributed by atoms with Crippen LogP contribution in [0.25, 0.3) is 0 Å². The van der Waals surface area contributed by atoms with E-state index in [9.17, 15) is 4.79 Å². The third-order valence-electron chi connectivity index (χ3n) is 4.81. The van der Waals surface area contributed by atoms with Crippen molar-refractivity contribution < 1.29 is 9.32 Å². The molecule has 0 bridgehead atoms. The van der Waals surface area contributed by atoms with Gasteiger partial charge in [0.05, 0.1) is 11.7 Å². The average Bonchev–Trinajstić information content (AvgIpc) is 3.29. The van der Waals surface area contributed by atoms with Gasteiger partial charge in [0.15, 0.2) is 0 Å². The number of nitrogens with one attached hydrogen (secondary N) is 1. The molecule has 0 fully saturated rings. The number of amides is 1. The normalized spacial score (nSPS) is 16.9. The lowest BCUT2D eigenvalue weighted by atomic mass is 10.2. The molecule has 1 amide bonds. The first-order valence-electron chi connectivity index (χ1n) is 9.00. The first-order chi connectivity index (χ1) is 13.1. The Labute approximate surface area is 157 Å². The minimum atomic E-state index is -0.174. The lowest BCUT2D eigenvalue weighted by Crippen LogP contribution is -2.36. The molecule has 8 heteroatoms. The number of fused-ring (bicyclic) bond motifs is 1. The lowest BCUT2D eigenvalue weighted by Gasteiger charge is -2.32. The van der Waals surface area contributed by atoms with Gasteiger partial charge in [-0.1, -0.05) is 11.2 Å². The number of carbonyl (C=O) groups excluding carboxylic acids is 1. The second kappa shape index (κ2) is 7.32. The van der Waals surface area contributed by atoms with Gasteiger partial charge in [0, 0.05) is 50.8 Å². The Balaban J connectivity index is 1.43. The van der Waals surface area contributed by atoms with Gasteiger partial charge in [0.1, 0.15) is 17.3 Å². The molecule has 8 nitrogen and oxygen atoms in total. The van der Waals surface area contributed by atoms with Crippen molar-refractivity contribution >= 4 is 5.91 Å². The van der Waals surface area contributed by atoms with E-state index in [0.717, 1.165) is 35.9 Å². The van der Waals surface area contributed by atoms with E-state index in [-0.39, 0.29) is 11.9 Å². The van der Waals surface area contributed by atoms with Gasteiger partial charge < -0.3 is 14.4 Å². The molecule has 0 radical (unpaired) electrons. The molecule has 1 aliphatic rings. The fraction of sp³-hybridized carbons (Fsp3) is 0.368. The van der Waals surface area contributed by atoms with Crippen LogP contribution in [0.3, 0.4) is 0 Å². The van der Waals surface area contributed by atoms with Gasteiger partial charge in [-0.3, -0.25) is 14.7 Å². The Bertz CT molecular complexity index is 933. The van der Waals surface area contributed by atoms with E-state index < -0.39 is 0 Å². The number of carbonyl (C=O) groups is 1. The Morgan fingerprint density at radius 1 is 1.41 bits per heavy atom. The number of hydrogen-bond donors (Lipinski definition) is 1. The quantitative estimate of drug-likeness (QED) is 0.744. The molecule has 0 saturated heterocycles. The van der Waals surface area contributed by atoms with E-state index in [0.29, 0.717) is 18.8 Å². The molecule has 4 rings (SSSR count). The SMILES string of the molecule is Cc1cc(CN2CCn3cc(C(=O)NCc4cccnc4)nc3C2C)no1. The first-order valence-corrected chi connectivity index (χ1v) is 9.00. The third-order valence-corrected chi connectivity index (χ3v) is 4.81. The van der Waals surface area contributed by atoms with Gasteiger partial charge in [-0.05, 0) is 25.5 Å². The molecular formula is C19H22N6O2. The molecule has 3 aromatic heterocycles. The molecular weight excluding hydrogens is 344 g/mol. The standard InChI is InChI=1S/C19H22N6O2/c1-13-8-16(23-27-13)11-24-6-7-25-12-17(22-18(25)14(24)2)19(26)21-10-15-4-3-5-20-9-15/h3-5,8-9,12,14H,6-7,10-11H2,1-2H3,(H,21,26). The molecule has 0 spiro atoms. The summed E-state index contributed by atoms with van der Waals surface area (Å²) in [6.07, 6.45) is 5.29. The molecule has 0 aliphatic carbocycles. The average molecular weight is 366 g/mol. The molecule has 1 aliphatic heterocycles. The number of aryl methyl sites for hydroxylation is 1. The molecule has 0 saturated carbocycles. The predicted molar refractivity (Wildman–Crippen MR) is 97.7 cm³/mol. The van der Waals surface area contributed by atoms with Crippen molar-refractivity contribution in [3.8, 4) is 0 Å². The number of pyridine rings is 1. The fourth-order valence-corrected chi connectivity index (χ4v) is 3.34. The van der Waals surface area contributed by atoms with Gasteiger partial charge in [0.2, 0.25) is 0 Å². The summed E-state index contributed by atoms with van der Waals surface area (Å²) in [5.74, 6) is 1.53. The van der Waals surface area contributed by atoms with Crippen molar-refractivity contribution in [3.05, 3.63) is 65.3 Å². The van der Waals surface area contributed by atoms with E-state index >= 15 is 0 Å². The first kappa shape index (κ1) is 17.4. The molecule has 4 heterocycles. The summed E-state index contributed by atoms with van der Waals surface area (Å²) in [6, 6.07) is 5.82. The van der Waals surface area contributed by atoms with Crippen LogP contribution in [0.5, 0.6) is 0 Å². The summed E-state index contributed by atoms with van der Waals surface area (Å²) in [4.78, 5) is 23.4. The van der Waals surface area contributed by atoms with Gasteiger partial charge in [-0.25, -0.2) is 4.98 Å². The van der Waals surface area contributed by atoms with Crippen molar-refractivity contribution in [2.75, 3.05) is 6.54 Å². The number of nitrogens with zero attached hydrogens (tertiary/aromatic N) is 5. The van der Waals surface area contributed by atoms with Crippen molar-refractivity contribution in [3.63, 3.8) is 0 Å². The van der Waals surface area contributed by atoms with Crippen LogP contribution in [-0.2, 0) is 19.6 Å². The van der Waals surface area contributed by atoms with Crippen molar-refractivity contribution in [1.29, 1.82) is 0 Å². The van der Waals surface area contributed by atoms with E-state index in [1.54, 1.807) is 12.4 Å². The molecule has 27 heavy (non-hydrogen) atoms. The van der Waals surface area contributed by atoms with Gasteiger partial charge in [0.25, 0.3) is 5.91 Å². The van der Waals surface area contributed by atoms with Gasteiger partial charge in [-0.15, -0.1) is 0 Å². The van der Waals surface area contributed by atoms with Crippen LogP contribution < -0.4 is 5.32 Å². The summed E-state index contributed by atoms with van der Waals surface area (Å²) in [5.41, 5.74) is 2.31. The van der Waals surface area contributed by atoms with E-state index in [2.05, 4.69) is 36.8 Å². The van der Waals surface area contributed by atoms with Crippen LogP contribution in [0.1, 0.15) is 46.3 Å². The predicted octanol–water partition coefficient (Wildman–Crippen LogP) is 2.08. The van der Waals surface area contributed by atoms with Gasteiger partial charge in [-0.2, -0.15) is 0 Å². The second-order valence-corrected chi connectivity index (χ2v) is 6.80. The summed E-state index contributed by atoms with van der Waals surface area (Å²) in [7, 11) is 0. The zero-order chi connectivity index (χ0) is 18.8. The maximum absolute atomic E-state index is 12.5. The molecule has 1 unspecified atom stereocenters. The van der Waals surface area contributed by atoms with Crippen LogP contribution in [0.15, 0.2) is 41.3 Å². The zero-order valence-electron chi connectivity index (χ0n) is 15.4. The highest BCUT2D eigenvalue weighted by atomic mass is 16.5. The lowest BCUT2D eigenvalue weighted by molar-refractivity contribution is 0.0946. The summed E-state index contributed by atoms with van der Waals surface area (Å²) >= 11 is 0. The van der Waals surface area contributed by atoms with Crippen molar-refractivity contribution in [1.82, 2.24) is 29.9 Å².